The van der Waals surface area contributed by atoms with Crippen LogP contribution in [0.2, 0.25) is 0 Å². The first-order valence-electron chi connectivity index (χ1n) is 4.28. The second kappa shape index (κ2) is 5.14. The molecule has 2 heteroatoms. The van der Waals surface area contributed by atoms with Crippen LogP contribution < -0.4 is 5.43 Å². The molecule has 0 aliphatic rings. The largest absolute Gasteiger partial charge is 0.306 e. The fourth-order valence-corrected chi connectivity index (χ4v) is 0.973. The smallest absolute Gasteiger partial charge is 0.0644 e. The maximum atomic E-state index is 4.18. The summed E-state index contributed by atoms with van der Waals surface area (Å²) in [6, 6.07) is 10.1. The molecule has 2 nitrogen and oxygen atoms in total. The van der Waals surface area contributed by atoms with Gasteiger partial charge >= 0.3 is 0 Å². The van der Waals surface area contributed by atoms with Gasteiger partial charge in [-0.05, 0) is 12.5 Å². The van der Waals surface area contributed by atoms with Crippen LogP contribution in [0.4, 0.5) is 0 Å². The maximum absolute atomic E-state index is 4.18. The van der Waals surface area contributed by atoms with Crippen LogP contribution in [0, 0.1) is 0 Å². The third-order valence-corrected chi connectivity index (χ3v) is 1.67. The molecule has 0 spiro atoms. The highest BCUT2D eigenvalue weighted by molar-refractivity contribution is 5.98. The highest BCUT2D eigenvalue weighted by atomic mass is 15.3. The summed E-state index contributed by atoms with van der Waals surface area (Å²) in [6.07, 6.45) is 1.78. The van der Waals surface area contributed by atoms with Gasteiger partial charge in [-0.1, -0.05) is 36.4 Å². The van der Waals surface area contributed by atoms with Crippen molar-refractivity contribution in [3.05, 3.63) is 48.6 Å². The molecule has 0 aromatic heterocycles. The Kier molecular flexibility index (Phi) is 3.76. The fourth-order valence-electron chi connectivity index (χ4n) is 0.973. The maximum Gasteiger partial charge on any atom is 0.0644 e. The number of benzene rings is 1. The lowest BCUT2D eigenvalue weighted by Gasteiger charge is -2.00. The first kappa shape index (κ1) is 9.52. The molecule has 0 fully saturated rings. The van der Waals surface area contributed by atoms with Gasteiger partial charge in [0.25, 0.3) is 0 Å². The Balaban J connectivity index is 2.62. The molecule has 0 saturated carbocycles. The summed E-state index contributed by atoms with van der Waals surface area (Å²) in [7, 11) is 0. The Morgan fingerprint density at radius 2 is 2.15 bits per heavy atom. The number of hydrogen-bond acceptors (Lipinski definition) is 2. The van der Waals surface area contributed by atoms with Gasteiger partial charge in [0.15, 0.2) is 0 Å². The standard InChI is InChI=1S/C11H14N2/c1-3-9-12-13-10(2)11-7-5-4-6-8-11/h3-8,12H,1,9H2,2H3/b13-10+. The van der Waals surface area contributed by atoms with Gasteiger partial charge in [0, 0.05) is 0 Å². The quantitative estimate of drug-likeness (QED) is 0.322. The lowest BCUT2D eigenvalue weighted by molar-refractivity contribution is 0.826. The summed E-state index contributed by atoms with van der Waals surface area (Å²) in [4.78, 5) is 0. The summed E-state index contributed by atoms with van der Waals surface area (Å²) < 4.78 is 0. The summed E-state index contributed by atoms with van der Waals surface area (Å²) in [5.74, 6) is 0. The van der Waals surface area contributed by atoms with E-state index in [1.54, 1.807) is 6.08 Å². The molecule has 0 aliphatic carbocycles. The minimum atomic E-state index is 0.699. The van der Waals surface area contributed by atoms with Crippen molar-refractivity contribution in [2.45, 2.75) is 6.92 Å². The average molecular weight is 174 g/mol. The number of hydrogen-bond donors (Lipinski definition) is 1. The van der Waals surface area contributed by atoms with Gasteiger partial charge in [-0.25, -0.2) is 0 Å². The van der Waals surface area contributed by atoms with Crippen molar-refractivity contribution < 1.29 is 0 Å². The summed E-state index contributed by atoms with van der Waals surface area (Å²) in [6.45, 7) is 6.27. The highest BCUT2D eigenvalue weighted by Crippen LogP contribution is 1.99. The van der Waals surface area contributed by atoms with Crippen molar-refractivity contribution in [2.75, 3.05) is 6.54 Å². The number of nitrogens with zero attached hydrogens (tertiary/aromatic N) is 1. The molecule has 0 amide bonds. The van der Waals surface area contributed by atoms with Crippen LogP contribution in [0.1, 0.15) is 12.5 Å². The minimum absolute atomic E-state index is 0.699. The molecule has 68 valence electrons. The van der Waals surface area contributed by atoms with E-state index in [0.29, 0.717) is 6.54 Å². The molecule has 0 aliphatic heterocycles. The Labute approximate surface area is 79.0 Å². The average Bonchev–Trinajstić information content (AvgIpc) is 2.19. The third-order valence-electron chi connectivity index (χ3n) is 1.67. The van der Waals surface area contributed by atoms with E-state index in [2.05, 4.69) is 17.1 Å². The molecule has 0 bridgehead atoms. The predicted octanol–water partition coefficient (Wildman–Crippen LogP) is 2.19. The molecular formula is C11H14N2. The summed E-state index contributed by atoms with van der Waals surface area (Å²) in [5, 5.41) is 4.18. The van der Waals surface area contributed by atoms with E-state index in [1.165, 1.54) is 0 Å². The van der Waals surface area contributed by atoms with Gasteiger partial charge in [-0.15, -0.1) is 6.58 Å². The van der Waals surface area contributed by atoms with Crippen LogP contribution in [0.15, 0.2) is 48.1 Å². The predicted molar refractivity (Wildman–Crippen MR) is 56.9 cm³/mol. The second-order valence-electron chi connectivity index (χ2n) is 2.71. The fraction of sp³-hybridized carbons (Fsp3) is 0.182. The van der Waals surface area contributed by atoms with Crippen molar-refractivity contribution in [3.8, 4) is 0 Å². The van der Waals surface area contributed by atoms with Crippen molar-refractivity contribution in [2.24, 2.45) is 5.10 Å². The molecule has 1 aromatic carbocycles. The van der Waals surface area contributed by atoms with E-state index in [1.807, 2.05) is 37.3 Å². The van der Waals surface area contributed by atoms with Crippen LogP contribution in [-0.4, -0.2) is 12.3 Å². The molecule has 1 aromatic rings. The Morgan fingerprint density at radius 3 is 2.77 bits per heavy atom. The van der Waals surface area contributed by atoms with Crippen LogP contribution in [0.3, 0.4) is 0 Å². The number of nitrogens with one attached hydrogen (secondary N) is 1. The monoisotopic (exact) mass is 174 g/mol. The van der Waals surface area contributed by atoms with Gasteiger partial charge in [0.05, 0.1) is 12.3 Å². The van der Waals surface area contributed by atoms with Crippen LogP contribution in [0.25, 0.3) is 0 Å². The molecule has 13 heavy (non-hydrogen) atoms. The van der Waals surface area contributed by atoms with Crippen molar-refractivity contribution in [1.29, 1.82) is 0 Å². The normalized spacial score (nSPS) is 11.0. The number of rotatable bonds is 4. The summed E-state index contributed by atoms with van der Waals surface area (Å²) >= 11 is 0. The lowest BCUT2D eigenvalue weighted by Crippen LogP contribution is -2.08. The molecule has 1 rings (SSSR count). The van der Waals surface area contributed by atoms with Gasteiger partial charge in [-0.3, -0.25) is 0 Å². The topological polar surface area (TPSA) is 24.4 Å². The molecule has 0 unspecified atom stereocenters. The van der Waals surface area contributed by atoms with Crippen molar-refractivity contribution >= 4 is 5.71 Å². The van der Waals surface area contributed by atoms with Crippen molar-refractivity contribution in [1.82, 2.24) is 5.43 Å². The number of hydrazone groups is 1. The van der Waals surface area contributed by atoms with E-state index in [-0.39, 0.29) is 0 Å². The van der Waals surface area contributed by atoms with Crippen LogP contribution in [0.5, 0.6) is 0 Å². The molecule has 0 radical (unpaired) electrons. The molecule has 0 heterocycles. The van der Waals surface area contributed by atoms with Gasteiger partial charge < -0.3 is 5.43 Å². The second-order valence-corrected chi connectivity index (χ2v) is 2.71. The lowest BCUT2D eigenvalue weighted by atomic mass is 10.1. The Morgan fingerprint density at radius 1 is 1.46 bits per heavy atom. The first-order chi connectivity index (χ1) is 6.34. The van der Waals surface area contributed by atoms with E-state index in [4.69, 9.17) is 0 Å². The van der Waals surface area contributed by atoms with E-state index >= 15 is 0 Å². The molecule has 1 N–H and O–H groups in total. The summed E-state index contributed by atoms with van der Waals surface area (Å²) in [5.41, 5.74) is 5.03. The zero-order chi connectivity index (χ0) is 9.52. The van der Waals surface area contributed by atoms with E-state index in [0.717, 1.165) is 11.3 Å². The Bertz CT molecular complexity index is 288. The Hall–Kier alpha value is -1.57. The van der Waals surface area contributed by atoms with Gasteiger partial charge in [0.1, 0.15) is 0 Å². The van der Waals surface area contributed by atoms with Crippen LogP contribution in [-0.2, 0) is 0 Å². The van der Waals surface area contributed by atoms with Crippen molar-refractivity contribution in [3.63, 3.8) is 0 Å². The molecular weight excluding hydrogens is 160 g/mol. The van der Waals surface area contributed by atoms with E-state index in [9.17, 15) is 0 Å². The van der Waals surface area contributed by atoms with Crippen LogP contribution >= 0.6 is 0 Å². The van der Waals surface area contributed by atoms with E-state index < -0.39 is 0 Å². The van der Waals surface area contributed by atoms with Gasteiger partial charge in [-0.2, -0.15) is 5.10 Å². The third kappa shape index (κ3) is 3.11. The minimum Gasteiger partial charge on any atom is -0.306 e. The zero-order valence-electron chi connectivity index (χ0n) is 7.83. The van der Waals surface area contributed by atoms with Gasteiger partial charge in [0.2, 0.25) is 0 Å². The molecule has 0 atom stereocenters. The SMILES string of the molecule is C=CCN/N=C(\C)c1ccccc1. The molecule has 0 saturated heterocycles. The first-order valence-corrected chi connectivity index (χ1v) is 4.28. The highest BCUT2D eigenvalue weighted by Gasteiger charge is 1.93. The zero-order valence-corrected chi connectivity index (χ0v) is 7.83.